The maximum Gasteiger partial charge on any atom is 0.325 e. The van der Waals surface area contributed by atoms with Crippen LogP contribution < -0.4 is 29.4 Å². The van der Waals surface area contributed by atoms with E-state index >= 15 is 0 Å². The summed E-state index contributed by atoms with van der Waals surface area (Å²) in [6.45, 7) is 3.67. The van der Waals surface area contributed by atoms with Gasteiger partial charge in [0.05, 0.1) is 38.1 Å². The molecule has 0 saturated carbocycles. The summed E-state index contributed by atoms with van der Waals surface area (Å²) < 4.78 is 18.4. The number of hydrogen-bond donors (Lipinski definition) is 1. The number of para-hydroxylation sites is 1. The van der Waals surface area contributed by atoms with Gasteiger partial charge in [-0.05, 0) is 29.3 Å². The lowest BCUT2D eigenvalue weighted by Gasteiger charge is -2.32. The van der Waals surface area contributed by atoms with Crippen LogP contribution in [0.2, 0.25) is 0 Å². The predicted octanol–water partition coefficient (Wildman–Crippen LogP) is 4.34. The minimum Gasteiger partial charge on any atom is -0.496 e. The Morgan fingerprint density at radius 3 is 2.43 bits per heavy atom. The van der Waals surface area contributed by atoms with E-state index in [4.69, 9.17) is 19.3 Å². The number of carbonyl (C=O) groups is 1. The van der Waals surface area contributed by atoms with Crippen LogP contribution in [0.1, 0.15) is 51.3 Å². The van der Waals surface area contributed by atoms with Gasteiger partial charge in [-0.1, -0.05) is 50.1 Å². The number of ether oxygens (including phenoxy) is 3. The first-order chi connectivity index (χ1) is 17.9. The van der Waals surface area contributed by atoms with Crippen molar-refractivity contribution in [2.24, 2.45) is 0 Å². The van der Waals surface area contributed by atoms with Gasteiger partial charge in [-0.25, -0.2) is 4.90 Å². The molecule has 2 heterocycles. The SMILES string of the molecule is CCCCCCSc1n[n+]2c(c(=O)[nH]1)-c1ccccc1N(C(C)=O)[C@@H]2c1cc(OC)c(OC)cc1OC. The van der Waals surface area contributed by atoms with Gasteiger partial charge < -0.3 is 14.2 Å². The number of methoxy groups -OCH3 is 3. The van der Waals surface area contributed by atoms with Gasteiger partial charge in [0.25, 0.3) is 6.17 Å². The Kier molecular flexibility index (Phi) is 8.38. The molecule has 37 heavy (non-hydrogen) atoms. The van der Waals surface area contributed by atoms with E-state index in [1.54, 1.807) is 43.0 Å². The normalized spacial score (nSPS) is 14.1. The standard InChI is InChI=1S/C27H32N4O5S/c1-6-7-8-11-14-37-27-28-25(33)24-18-12-9-10-13-20(18)30(17(2)32)26(31(24)29-27)19-15-22(35-4)23(36-5)16-21(19)34-3/h9-10,12-13,15-16,26H,6-8,11,14H2,1-5H3/p+1/t26-/m0/s1. The highest BCUT2D eigenvalue weighted by molar-refractivity contribution is 7.99. The fraction of sp³-hybridized carbons (Fsp3) is 0.407. The van der Waals surface area contributed by atoms with Gasteiger partial charge >= 0.3 is 11.3 Å². The van der Waals surface area contributed by atoms with Crippen molar-refractivity contribution < 1.29 is 23.7 Å². The third kappa shape index (κ3) is 5.16. The van der Waals surface area contributed by atoms with Gasteiger partial charge in [-0.3, -0.25) is 14.6 Å². The molecule has 3 aromatic rings. The summed E-state index contributed by atoms with van der Waals surface area (Å²) in [7, 11) is 4.64. The number of H-pyrrole nitrogens is 1. The van der Waals surface area contributed by atoms with Crippen LogP contribution in [-0.4, -0.2) is 43.1 Å². The molecule has 1 N–H and O–H groups in total. The first-order valence-electron chi connectivity index (χ1n) is 12.3. The summed E-state index contributed by atoms with van der Waals surface area (Å²) in [5.41, 5.74) is 1.94. The third-order valence-corrected chi connectivity index (χ3v) is 7.30. The fourth-order valence-electron chi connectivity index (χ4n) is 4.61. The van der Waals surface area contributed by atoms with Crippen LogP contribution in [0.4, 0.5) is 5.69 Å². The Morgan fingerprint density at radius 1 is 1.05 bits per heavy atom. The molecule has 0 spiro atoms. The summed E-state index contributed by atoms with van der Waals surface area (Å²) in [4.78, 5) is 31.3. The topological polar surface area (TPSA) is 97.6 Å². The molecule has 0 unspecified atom stereocenters. The van der Waals surface area contributed by atoms with Crippen molar-refractivity contribution in [3.8, 4) is 28.5 Å². The maximum atomic E-state index is 13.5. The first kappa shape index (κ1) is 26.5. The van der Waals surface area contributed by atoms with Crippen molar-refractivity contribution in [2.75, 3.05) is 32.0 Å². The molecule has 0 radical (unpaired) electrons. The van der Waals surface area contributed by atoms with Crippen LogP contribution in [0.5, 0.6) is 17.2 Å². The largest absolute Gasteiger partial charge is 0.496 e. The third-order valence-electron chi connectivity index (χ3n) is 6.35. The Hall–Kier alpha value is -3.53. The second kappa shape index (κ2) is 11.7. The summed E-state index contributed by atoms with van der Waals surface area (Å²) >= 11 is 1.50. The lowest BCUT2D eigenvalue weighted by molar-refractivity contribution is -0.763. The lowest BCUT2D eigenvalue weighted by Crippen LogP contribution is -2.60. The van der Waals surface area contributed by atoms with Crippen molar-refractivity contribution in [3.05, 3.63) is 52.3 Å². The van der Waals surface area contributed by atoms with Gasteiger partial charge in [0.15, 0.2) is 11.5 Å². The second-order valence-corrected chi connectivity index (χ2v) is 9.77. The number of amides is 1. The Labute approximate surface area is 220 Å². The van der Waals surface area contributed by atoms with Crippen LogP contribution in [-0.2, 0) is 4.79 Å². The number of thioether (sulfide) groups is 1. The molecule has 0 aliphatic carbocycles. The van der Waals surface area contributed by atoms with E-state index in [0.29, 0.717) is 44.9 Å². The summed E-state index contributed by atoms with van der Waals surface area (Å²) in [6, 6.07) is 10.8. The molecule has 1 atom stereocenters. The van der Waals surface area contributed by atoms with Gasteiger partial charge in [0.1, 0.15) is 5.75 Å². The molecular weight excluding hydrogens is 492 g/mol. The monoisotopic (exact) mass is 525 g/mol. The van der Waals surface area contributed by atoms with Crippen LogP contribution >= 0.6 is 11.8 Å². The number of fused-ring (bicyclic) bond motifs is 3. The number of nitrogens with zero attached hydrogens (tertiary/aromatic N) is 3. The van der Waals surface area contributed by atoms with Crippen LogP contribution in [0.3, 0.4) is 0 Å². The quantitative estimate of drug-likeness (QED) is 0.239. The number of aromatic amines is 1. The van der Waals surface area contributed by atoms with Crippen molar-refractivity contribution >= 4 is 23.4 Å². The number of hydrogen-bond acceptors (Lipinski definition) is 7. The van der Waals surface area contributed by atoms with E-state index in [2.05, 4.69) is 11.9 Å². The Bertz CT molecular complexity index is 1340. The molecule has 0 bridgehead atoms. The van der Waals surface area contributed by atoms with Gasteiger partial charge in [-0.2, -0.15) is 0 Å². The summed E-state index contributed by atoms with van der Waals surface area (Å²) in [5, 5.41) is 5.36. The number of benzene rings is 2. The van der Waals surface area contributed by atoms with Crippen molar-refractivity contribution in [1.82, 2.24) is 10.1 Å². The smallest absolute Gasteiger partial charge is 0.325 e. The van der Waals surface area contributed by atoms with Gasteiger partial charge in [-0.15, -0.1) is 0 Å². The Balaban J connectivity index is 1.94. The molecule has 4 rings (SSSR count). The van der Waals surface area contributed by atoms with Crippen molar-refractivity contribution in [1.29, 1.82) is 0 Å². The first-order valence-corrected chi connectivity index (χ1v) is 13.3. The molecule has 0 fully saturated rings. The van der Waals surface area contributed by atoms with Crippen molar-refractivity contribution in [2.45, 2.75) is 50.9 Å². The maximum absolute atomic E-state index is 13.5. The van der Waals surface area contributed by atoms with E-state index in [-0.39, 0.29) is 11.5 Å². The molecule has 9 nitrogen and oxygen atoms in total. The van der Waals surface area contributed by atoms with Crippen LogP contribution in [0, 0.1) is 0 Å². The molecule has 2 aromatic carbocycles. The molecule has 1 aliphatic heterocycles. The Morgan fingerprint density at radius 2 is 1.76 bits per heavy atom. The highest BCUT2D eigenvalue weighted by Crippen LogP contribution is 2.43. The zero-order chi connectivity index (χ0) is 26.5. The highest BCUT2D eigenvalue weighted by Gasteiger charge is 2.46. The van der Waals surface area contributed by atoms with E-state index < -0.39 is 6.17 Å². The number of rotatable bonds is 10. The molecule has 1 amide bonds. The number of carbonyl (C=O) groups excluding carboxylic acids is 1. The van der Waals surface area contributed by atoms with E-state index in [0.717, 1.165) is 25.0 Å². The van der Waals surface area contributed by atoms with E-state index in [1.165, 1.54) is 25.1 Å². The number of aromatic nitrogens is 3. The average molecular weight is 526 g/mol. The van der Waals surface area contributed by atoms with Gasteiger partial charge in [0.2, 0.25) is 11.1 Å². The minimum absolute atomic E-state index is 0.205. The molecule has 0 saturated heterocycles. The number of unbranched alkanes of at least 4 members (excludes halogenated alkanes) is 3. The van der Waals surface area contributed by atoms with Gasteiger partial charge in [0, 0.05) is 23.8 Å². The number of anilines is 1. The molecule has 196 valence electrons. The molecular formula is C27H33N4O5S+. The summed E-state index contributed by atoms with van der Waals surface area (Å²) in [5.74, 6) is 2.06. The predicted molar refractivity (Wildman–Crippen MR) is 143 cm³/mol. The van der Waals surface area contributed by atoms with Crippen molar-refractivity contribution in [3.63, 3.8) is 0 Å². The van der Waals surface area contributed by atoms with E-state index in [9.17, 15) is 9.59 Å². The van der Waals surface area contributed by atoms with Crippen LogP contribution in [0.15, 0.2) is 46.3 Å². The average Bonchev–Trinajstić information content (AvgIpc) is 2.91. The molecule has 1 aliphatic rings. The minimum atomic E-state index is -0.793. The van der Waals surface area contributed by atoms with Crippen LogP contribution in [0.25, 0.3) is 11.3 Å². The second-order valence-electron chi connectivity index (χ2n) is 8.69. The zero-order valence-corrected chi connectivity index (χ0v) is 22.7. The van der Waals surface area contributed by atoms with E-state index in [1.807, 2.05) is 24.3 Å². The number of nitrogens with one attached hydrogen (secondary N) is 1. The highest BCUT2D eigenvalue weighted by atomic mass is 32.2. The fourth-order valence-corrected chi connectivity index (χ4v) is 5.46. The zero-order valence-electron chi connectivity index (χ0n) is 21.9. The summed E-state index contributed by atoms with van der Waals surface area (Å²) in [6.07, 6.45) is 3.69. The molecule has 10 heteroatoms. The molecule has 1 aromatic heterocycles. The lowest BCUT2D eigenvalue weighted by atomic mass is 10.0.